The van der Waals surface area contributed by atoms with Crippen LogP contribution in [-0.2, 0) is 4.79 Å². The van der Waals surface area contributed by atoms with Crippen molar-refractivity contribution in [3.05, 3.63) is 0 Å². The van der Waals surface area contributed by atoms with Gasteiger partial charge in [0, 0.05) is 25.6 Å². The van der Waals surface area contributed by atoms with Gasteiger partial charge in [0.05, 0.1) is 0 Å². The van der Waals surface area contributed by atoms with E-state index in [0.29, 0.717) is 25.6 Å². The van der Waals surface area contributed by atoms with Crippen LogP contribution in [0.5, 0.6) is 0 Å². The molecule has 0 radical (unpaired) electrons. The van der Waals surface area contributed by atoms with E-state index in [1.54, 1.807) is 0 Å². The Morgan fingerprint density at radius 1 is 1.06 bits per heavy atom. The molecular formula is C12H26N4O2. The number of rotatable bonds is 8. The van der Waals surface area contributed by atoms with Crippen LogP contribution in [0.15, 0.2) is 0 Å². The molecule has 0 rings (SSSR count). The fourth-order valence-electron chi connectivity index (χ4n) is 1.28. The van der Waals surface area contributed by atoms with E-state index >= 15 is 0 Å². The highest BCUT2D eigenvalue weighted by molar-refractivity contribution is 5.81. The molecule has 0 bridgehead atoms. The van der Waals surface area contributed by atoms with Crippen LogP contribution in [0.25, 0.3) is 0 Å². The average molecular weight is 258 g/mol. The Balaban J connectivity index is 3.44. The molecule has 3 amide bonds. The van der Waals surface area contributed by atoms with Crippen LogP contribution >= 0.6 is 0 Å². The van der Waals surface area contributed by atoms with E-state index in [-0.39, 0.29) is 11.9 Å². The summed E-state index contributed by atoms with van der Waals surface area (Å²) < 4.78 is 0. The van der Waals surface area contributed by atoms with E-state index < -0.39 is 0 Å². The van der Waals surface area contributed by atoms with E-state index in [1.807, 2.05) is 13.8 Å². The predicted molar refractivity (Wildman–Crippen MR) is 72.0 cm³/mol. The minimum atomic E-state index is -0.365. The van der Waals surface area contributed by atoms with E-state index in [0.717, 1.165) is 19.3 Å². The van der Waals surface area contributed by atoms with Crippen LogP contribution < -0.4 is 21.5 Å². The van der Waals surface area contributed by atoms with Crippen molar-refractivity contribution >= 4 is 11.9 Å². The van der Waals surface area contributed by atoms with Crippen molar-refractivity contribution in [2.24, 2.45) is 0 Å². The second kappa shape index (κ2) is 10.8. The predicted octanol–water partition coefficient (Wildman–Crippen LogP) is 0.895. The second-order valence-electron chi connectivity index (χ2n) is 4.50. The summed E-state index contributed by atoms with van der Waals surface area (Å²) in [6.07, 6.45) is 3.50. The van der Waals surface area contributed by atoms with Gasteiger partial charge in [0.2, 0.25) is 5.91 Å². The lowest BCUT2D eigenvalue weighted by Gasteiger charge is -2.10. The lowest BCUT2D eigenvalue weighted by molar-refractivity contribution is -0.121. The molecule has 0 aromatic heterocycles. The van der Waals surface area contributed by atoms with Gasteiger partial charge in [0.15, 0.2) is 0 Å². The first-order valence-corrected chi connectivity index (χ1v) is 6.62. The summed E-state index contributed by atoms with van der Waals surface area (Å²) in [6.45, 7) is 7.36. The van der Waals surface area contributed by atoms with Gasteiger partial charge in [-0.05, 0) is 6.42 Å². The Hall–Kier alpha value is -1.30. The SMILES string of the molecule is CCCCCNC(=O)NNC(=O)CCNC(C)C. The van der Waals surface area contributed by atoms with E-state index in [2.05, 4.69) is 28.4 Å². The molecule has 0 fully saturated rings. The third-order valence-electron chi connectivity index (χ3n) is 2.29. The number of urea groups is 1. The molecule has 106 valence electrons. The first-order valence-electron chi connectivity index (χ1n) is 6.62. The Labute approximate surface area is 109 Å². The molecule has 6 nitrogen and oxygen atoms in total. The standard InChI is InChI=1S/C12H26N4O2/c1-4-5-6-8-14-12(18)16-15-11(17)7-9-13-10(2)3/h10,13H,4-9H2,1-3H3,(H,15,17)(H2,14,16,18). The first-order chi connectivity index (χ1) is 8.56. The lowest BCUT2D eigenvalue weighted by atomic mass is 10.2. The van der Waals surface area contributed by atoms with Gasteiger partial charge in [-0.1, -0.05) is 33.6 Å². The lowest BCUT2D eigenvalue weighted by Crippen LogP contribution is -2.47. The molecule has 0 aliphatic rings. The molecule has 4 N–H and O–H groups in total. The highest BCUT2D eigenvalue weighted by atomic mass is 16.2. The number of hydrogen-bond donors (Lipinski definition) is 4. The molecule has 0 heterocycles. The third kappa shape index (κ3) is 11.2. The molecule has 0 aromatic rings. The van der Waals surface area contributed by atoms with E-state index in [9.17, 15) is 9.59 Å². The van der Waals surface area contributed by atoms with Crippen molar-refractivity contribution in [3.8, 4) is 0 Å². The Bertz CT molecular complexity index is 244. The smallest absolute Gasteiger partial charge is 0.333 e. The van der Waals surface area contributed by atoms with Crippen molar-refractivity contribution in [2.45, 2.75) is 52.5 Å². The van der Waals surface area contributed by atoms with Crippen LogP contribution in [0.3, 0.4) is 0 Å². The van der Waals surface area contributed by atoms with Crippen LogP contribution in [-0.4, -0.2) is 31.1 Å². The first kappa shape index (κ1) is 16.7. The minimum Gasteiger partial charge on any atom is -0.337 e. The zero-order valence-electron chi connectivity index (χ0n) is 11.6. The number of carbonyl (C=O) groups is 2. The third-order valence-corrected chi connectivity index (χ3v) is 2.29. The highest BCUT2D eigenvalue weighted by Gasteiger charge is 2.03. The number of amides is 3. The van der Waals surface area contributed by atoms with Crippen LogP contribution in [0.1, 0.15) is 46.5 Å². The zero-order chi connectivity index (χ0) is 13.8. The molecule has 0 aromatic carbocycles. The summed E-state index contributed by atoms with van der Waals surface area (Å²) in [5, 5.41) is 5.79. The van der Waals surface area contributed by atoms with Gasteiger partial charge in [-0.15, -0.1) is 0 Å². The molecule has 0 aliphatic carbocycles. The fraction of sp³-hybridized carbons (Fsp3) is 0.833. The summed E-state index contributed by atoms with van der Waals surface area (Å²) in [4.78, 5) is 22.6. The molecule has 0 saturated carbocycles. The fourth-order valence-corrected chi connectivity index (χ4v) is 1.28. The van der Waals surface area contributed by atoms with Gasteiger partial charge in [0.1, 0.15) is 0 Å². The van der Waals surface area contributed by atoms with Crippen molar-refractivity contribution in [1.82, 2.24) is 21.5 Å². The van der Waals surface area contributed by atoms with Gasteiger partial charge >= 0.3 is 6.03 Å². The molecule has 0 atom stereocenters. The normalized spacial score (nSPS) is 10.2. The molecular weight excluding hydrogens is 232 g/mol. The molecule has 6 heteroatoms. The highest BCUT2D eigenvalue weighted by Crippen LogP contribution is 1.90. The number of hydrazine groups is 1. The Morgan fingerprint density at radius 2 is 1.78 bits per heavy atom. The minimum absolute atomic E-state index is 0.202. The maximum atomic E-state index is 11.3. The largest absolute Gasteiger partial charge is 0.337 e. The Morgan fingerprint density at radius 3 is 2.39 bits per heavy atom. The number of hydrogen-bond acceptors (Lipinski definition) is 3. The molecule has 0 aliphatic heterocycles. The number of nitrogens with one attached hydrogen (secondary N) is 4. The topological polar surface area (TPSA) is 82.3 Å². The summed E-state index contributed by atoms with van der Waals surface area (Å²) in [5.41, 5.74) is 4.68. The summed E-state index contributed by atoms with van der Waals surface area (Å²) in [5.74, 6) is -0.202. The molecule has 0 spiro atoms. The number of carbonyl (C=O) groups excluding carboxylic acids is 2. The van der Waals surface area contributed by atoms with Crippen molar-refractivity contribution in [3.63, 3.8) is 0 Å². The molecule has 0 saturated heterocycles. The monoisotopic (exact) mass is 258 g/mol. The van der Waals surface area contributed by atoms with Crippen LogP contribution in [0.2, 0.25) is 0 Å². The van der Waals surface area contributed by atoms with Gasteiger partial charge in [0.25, 0.3) is 0 Å². The van der Waals surface area contributed by atoms with E-state index in [4.69, 9.17) is 0 Å². The summed E-state index contributed by atoms with van der Waals surface area (Å²) in [6, 6.07) is -0.0103. The Kier molecular flexibility index (Phi) is 10.0. The molecule has 0 unspecified atom stereocenters. The maximum absolute atomic E-state index is 11.3. The van der Waals surface area contributed by atoms with E-state index in [1.165, 1.54) is 0 Å². The van der Waals surface area contributed by atoms with Gasteiger partial charge in [-0.3, -0.25) is 10.2 Å². The molecule has 18 heavy (non-hydrogen) atoms. The van der Waals surface area contributed by atoms with Crippen LogP contribution in [0, 0.1) is 0 Å². The van der Waals surface area contributed by atoms with Gasteiger partial charge < -0.3 is 10.6 Å². The van der Waals surface area contributed by atoms with Crippen LogP contribution in [0.4, 0.5) is 4.79 Å². The zero-order valence-corrected chi connectivity index (χ0v) is 11.6. The summed E-state index contributed by atoms with van der Waals surface area (Å²) >= 11 is 0. The number of unbranched alkanes of at least 4 members (excludes halogenated alkanes) is 2. The quantitative estimate of drug-likeness (QED) is 0.385. The van der Waals surface area contributed by atoms with Crippen molar-refractivity contribution in [2.75, 3.05) is 13.1 Å². The van der Waals surface area contributed by atoms with Crippen molar-refractivity contribution in [1.29, 1.82) is 0 Å². The maximum Gasteiger partial charge on any atom is 0.333 e. The second-order valence-corrected chi connectivity index (χ2v) is 4.50. The average Bonchev–Trinajstić information content (AvgIpc) is 2.31. The van der Waals surface area contributed by atoms with Gasteiger partial charge in [-0.25, -0.2) is 10.2 Å². The van der Waals surface area contributed by atoms with Gasteiger partial charge in [-0.2, -0.15) is 0 Å². The summed E-state index contributed by atoms with van der Waals surface area (Å²) in [7, 11) is 0. The van der Waals surface area contributed by atoms with Crippen molar-refractivity contribution < 1.29 is 9.59 Å².